The number of carbonyl (C=O) groups excluding carboxylic acids is 1. The highest BCUT2D eigenvalue weighted by molar-refractivity contribution is 7.99. The minimum atomic E-state index is -0.470. The Kier molecular flexibility index (Phi) is 6.67. The molecule has 0 radical (unpaired) electrons. The standard InChI is InChI=1S/C15H22N2OS/c1-4-10-19-13-9-7-6-8-12(13)17-15(18)14(16)11(3)5-2/h4,6-9,11,14H,1,5,10,16H2,2-3H3,(H,17,18)/t11?,14-/m0/s1. The zero-order valence-corrected chi connectivity index (χ0v) is 12.4. The Balaban J connectivity index is 2.75. The number of hydrogen-bond donors (Lipinski definition) is 2. The lowest BCUT2D eigenvalue weighted by molar-refractivity contribution is -0.118. The Morgan fingerprint density at radius 2 is 2.21 bits per heavy atom. The number of benzene rings is 1. The van der Waals surface area contributed by atoms with E-state index >= 15 is 0 Å². The van der Waals surface area contributed by atoms with E-state index in [1.165, 1.54) is 0 Å². The summed E-state index contributed by atoms with van der Waals surface area (Å²) in [6.07, 6.45) is 2.73. The smallest absolute Gasteiger partial charge is 0.241 e. The van der Waals surface area contributed by atoms with Gasteiger partial charge in [-0.3, -0.25) is 4.79 Å². The van der Waals surface area contributed by atoms with Crippen molar-refractivity contribution in [1.82, 2.24) is 0 Å². The molecule has 1 aromatic carbocycles. The predicted octanol–water partition coefficient (Wildman–Crippen LogP) is 3.28. The maximum atomic E-state index is 12.1. The van der Waals surface area contributed by atoms with Gasteiger partial charge in [-0.25, -0.2) is 0 Å². The summed E-state index contributed by atoms with van der Waals surface area (Å²) in [5.41, 5.74) is 6.75. The molecule has 1 aromatic rings. The quantitative estimate of drug-likeness (QED) is 0.594. The maximum Gasteiger partial charge on any atom is 0.241 e. The fourth-order valence-electron chi connectivity index (χ4n) is 1.57. The fourth-order valence-corrected chi connectivity index (χ4v) is 2.32. The van der Waals surface area contributed by atoms with Gasteiger partial charge in [0.25, 0.3) is 0 Å². The van der Waals surface area contributed by atoms with E-state index in [2.05, 4.69) is 11.9 Å². The molecule has 2 atom stereocenters. The molecule has 0 bridgehead atoms. The van der Waals surface area contributed by atoms with Gasteiger partial charge < -0.3 is 11.1 Å². The van der Waals surface area contributed by atoms with Gasteiger partial charge in [-0.15, -0.1) is 18.3 Å². The molecule has 104 valence electrons. The first-order valence-corrected chi connectivity index (χ1v) is 7.47. The number of nitrogens with one attached hydrogen (secondary N) is 1. The molecule has 1 amide bonds. The average molecular weight is 278 g/mol. The molecule has 0 saturated carbocycles. The number of hydrogen-bond acceptors (Lipinski definition) is 3. The minimum Gasteiger partial charge on any atom is -0.324 e. The van der Waals surface area contributed by atoms with Gasteiger partial charge >= 0.3 is 0 Å². The topological polar surface area (TPSA) is 55.1 Å². The van der Waals surface area contributed by atoms with E-state index in [9.17, 15) is 4.79 Å². The maximum absolute atomic E-state index is 12.1. The molecule has 0 heterocycles. The normalized spacial score (nSPS) is 13.6. The van der Waals surface area contributed by atoms with E-state index in [0.29, 0.717) is 0 Å². The number of nitrogens with two attached hydrogens (primary N) is 1. The first kappa shape index (κ1) is 15.8. The fraction of sp³-hybridized carbons (Fsp3) is 0.400. The zero-order chi connectivity index (χ0) is 14.3. The van der Waals surface area contributed by atoms with Gasteiger partial charge in [-0.1, -0.05) is 38.5 Å². The Hall–Kier alpha value is -1.26. The second-order valence-electron chi connectivity index (χ2n) is 4.50. The van der Waals surface area contributed by atoms with Gasteiger partial charge in [0.05, 0.1) is 11.7 Å². The van der Waals surface area contributed by atoms with Crippen molar-refractivity contribution < 1.29 is 4.79 Å². The minimum absolute atomic E-state index is 0.124. The zero-order valence-electron chi connectivity index (χ0n) is 11.6. The Morgan fingerprint density at radius 1 is 1.53 bits per heavy atom. The monoisotopic (exact) mass is 278 g/mol. The summed E-state index contributed by atoms with van der Waals surface area (Å²) in [4.78, 5) is 13.1. The molecule has 0 saturated heterocycles. The average Bonchev–Trinajstić information content (AvgIpc) is 2.44. The largest absolute Gasteiger partial charge is 0.324 e. The molecule has 3 nitrogen and oxygen atoms in total. The molecule has 0 fully saturated rings. The van der Waals surface area contributed by atoms with E-state index in [-0.39, 0.29) is 11.8 Å². The molecule has 0 aliphatic heterocycles. The number of carbonyl (C=O) groups is 1. The molecule has 1 unspecified atom stereocenters. The number of amides is 1. The highest BCUT2D eigenvalue weighted by Gasteiger charge is 2.20. The molecule has 3 N–H and O–H groups in total. The first-order valence-electron chi connectivity index (χ1n) is 6.49. The number of para-hydroxylation sites is 1. The third-order valence-electron chi connectivity index (χ3n) is 3.06. The Morgan fingerprint density at radius 3 is 2.84 bits per heavy atom. The van der Waals surface area contributed by atoms with Crippen LogP contribution in [0.1, 0.15) is 20.3 Å². The molecule has 0 aliphatic carbocycles. The van der Waals surface area contributed by atoms with E-state index in [1.54, 1.807) is 11.8 Å². The van der Waals surface area contributed by atoms with E-state index in [4.69, 9.17) is 5.73 Å². The van der Waals surface area contributed by atoms with E-state index in [1.807, 2.05) is 44.2 Å². The van der Waals surface area contributed by atoms with Crippen molar-refractivity contribution in [3.8, 4) is 0 Å². The third kappa shape index (κ3) is 4.73. The van der Waals surface area contributed by atoms with Crippen molar-refractivity contribution in [3.05, 3.63) is 36.9 Å². The molecule has 0 spiro atoms. The molecule has 4 heteroatoms. The van der Waals surface area contributed by atoms with Crippen molar-refractivity contribution in [1.29, 1.82) is 0 Å². The van der Waals surface area contributed by atoms with Gasteiger partial charge in [0, 0.05) is 10.6 Å². The van der Waals surface area contributed by atoms with Crippen molar-refractivity contribution in [2.45, 2.75) is 31.2 Å². The summed E-state index contributed by atoms with van der Waals surface area (Å²) in [6, 6.07) is 7.27. The van der Waals surface area contributed by atoms with E-state index < -0.39 is 6.04 Å². The summed E-state index contributed by atoms with van der Waals surface area (Å²) < 4.78 is 0. The van der Waals surface area contributed by atoms with Crippen LogP contribution in [-0.4, -0.2) is 17.7 Å². The van der Waals surface area contributed by atoms with Crippen molar-refractivity contribution >= 4 is 23.4 Å². The van der Waals surface area contributed by atoms with Crippen molar-refractivity contribution in [2.24, 2.45) is 11.7 Å². The molecule has 0 aromatic heterocycles. The molecule has 1 rings (SSSR count). The highest BCUT2D eigenvalue weighted by atomic mass is 32.2. The van der Waals surface area contributed by atoms with Gasteiger partial charge in [0.15, 0.2) is 0 Å². The lowest BCUT2D eigenvalue weighted by Gasteiger charge is -2.18. The van der Waals surface area contributed by atoms with Crippen LogP contribution in [0.25, 0.3) is 0 Å². The van der Waals surface area contributed by atoms with Crippen LogP contribution in [0.3, 0.4) is 0 Å². The number of rotatable bonds is 7. The Bertz CT molecular complexity index is 434. The predicted molar refractivity (Wildman–Crippen MR) is 83.4 cm³/mol. The summed E-state index contributed by atoms with van der Waals surface area (Å²) in [6.45, 7) is 7.72. The second-order valence-corrected chi connectivity index (χ2v) is 5.56. The van der Waals surface area contributed by atoms with Crippen LogP contribution >= 0.6 is 11.8 Å². The van der Waals surface area contributed by atoms with Crippen LogP contribution in [0.5, 0.6) is 0 Å². The Labute approximate surface area is 119 Å². The SMILES string of the molecule is C=CCSc1ccccc1NC(=O)[C@@H](N)C(C)CC. The first-order chi connectivity index (χ1) is 9.10. The van der Waals surface area contributed by atoms with Gasteiger partial charge in [-0.2, -0.15) is 0 Å². The molecular weight excluding hydrogens is 256 g/mol. The summed E-state index contributed by atoms with van der Waals surface area (Å²) in [5.74, 6) is 0.860. The van der Waals surface area contributed by atoms with Gasteiger partial charge in [-0.05, 0) is 18.1 Å². The summed E-state index contributed by atoms with van der Waals surface area (Å²) >= 11 is 1.64. The van der Waals surface area contributed by atoms with Gasteiger partial charge in [0.1, 0.15) is 0 Å². The van der Waals surface area contributed by atoms with Crippen LogP contribution in [0, 0.1) is 5.92 Å². The van der Waals surface area contributed by atoms with Gasteiger partial charge in [0.2, 0.25) is 5.91 Å². The molecule has 0 aliphatic rings. The number of anilines is 1. The third-order valence-corrected chi connectivity index (χ3v) is 4.13. The lowest BCUT2D eigenvalue weighted by atomic mass is 9.99. The second kappa shape index (κ2) is 8.02. The van der Waals surface area contributed by atoms with E-state index in [0.717, 1.165) is 22.8 Å². The number of thioether (sulfide) groups is 1. The van der Waals surface area contributed by atoms with Crippen LogP contribution in [0.2, 0.25) is 0 Å². The summed E-state index contributed by atoms with van der Waals surface area (Å²) in [7, 11) is 0. The van der Waals surface area contributed by atoms with Crippen molar-refractivity contribution in [3.63, 3.8) is 0 Å². The van der Waals surface area contributed by atoms with Crippen LogP contribution in [0.4, 0.5) is 5.69 Å². The van der Waals surface area contributed by atoms with Crippen LogP contribution < -0.4 is 11.1 Å². The highest BCUT2D eigenvalue weighted by Crippen LogP contribution is 2.27. The molecular formula is C15H22N2OS. The lowest BCUT2D eigenvalue weighted by Crippen LogP contribution is -2.40. The molecule has 19 heavy (non-hydrogen) atoms. The van der Waals surface area contributed by atoms with Crippen molar-refractivity contribution in [2.75, 3.05) is 11.1 Å². The van der Waals surface area contributed by atoms with Crippen LogP contribution in [-0.2, 0) is 4.79 Å². The van der Waals surface area contributed by atoms with Crippen LogP contribution in [0.15, 0.2) is 41.8 Å². The summed E-state index contributed by atoms with van der Waals surface area (Å²) in [5, 5.41) is 2.92.